The Balaban J connectivity index is 2.35. The molecule has 1 aliphatic heterocycles. The van der Waals surface area contributed by atoms with Crippen LogP contribution < -0.4 is 0 Å². The molecule has 0 atom stereocenters. The number of hydrogen-bond donors (Lipinski definition) is 0. The monoisotopic (exact) mass is 255 g/mol. The lowest BCUT2D eigenvalue weighted by molar-refractivity contribution is -0.141. The van der Waals surface area contributed by atoms with Crippen molar-refractivity contribution in [2.24, 2.45) is 5.92 Å². The Labute approximate surface area is 110 Å². The smallest absolute Gasteiger partial charge is 0.225 e. The first-order valence-corrected chi connectivity index (χ1v) is 6.63. The van der Waals surface area contributed by atoms with Crippen LogP contribution in [0.1, 0.15) is 20.3 Å². The zero-order valence-electron chi connectivity index (χ0n) is 12.0. The fourth-order valence-corrected chi connectivity index (χ4v) is 2.02. The molecule has 0 bridgehead atoms. The van der Waals surface area contributed by atoms with Gasteiger partial charge in [-0.05, 0) is 14.1 Å². The lowest BCUT2D eigenvalue weighted by atomic mass is 10.1. The molecule has 0 N–H and O–H groups in total. The first-order chi connectivity index (χ1) is 8.41. The topological polar surface area (TPSA) is 43.9 Å². The Bertz CT molecular complexity index is 295. The summed E-state index contributed by atoms with van der Waals surface area (Å²) in [7, 11) is 3.93. The number of amides is 2. The normalized spacial score (nSPS) is 16.6. The molecular weight excluding hydrogens is 230 g/mol. The van der Waals surface area contributed by atoms with Crippen molar-refractivity contribution in [1.29, 1.82) is 0 Å². The van der Waals surface area contributed by atoms with Crippen LogP contribution >= 0.6 is 0 Å². The maximum absolute atomic E-state index is 11.9. The van der Waals surface area contributed by atoms with Gasteiger partial charge >= 0.3 is 0 Å². The van der Waals surface area contributed by atoms with Crippen LogP contribution in [0, 0.1) is 5.92 Å². The molecule has 0 radical (unpaired) electrons. The third-order valence-electron chi connectivity index (χ3n) is 3.21. The molecule has 0 unspecified atom stereocenters. The summed E-state index contributed by atoms with van der Waals surface area (Å²) in [5.74, 6) is 0.428. The van der Waals surface area contributed by atoms with E-state index >= 15 is 0 Å². The van der Waals surface area contributed by atoms with Crippen molar-refractivity contribution in [3.63, 3.8) is 0 Å². The van der Waals surface area contributed by atoms with E-state index in [0.717, 1.165) is 6.54 Å². The SMILES string of the molecule is CC(C)C(=O)N1CCN(C(=O)CCN(C)C)CC1. The minimum atomic E-state index is 0.0426. The molecule has 1 aliphatic rings. The van der Waals surface area contributed by atoms with Gasteiger partial charge < -0.3 is 14.7 Å². The quantitative estimate of drug-likeness (QED) is 0.724. The summed E-state index contributed by atoms with van der Waals surface area (Å²) in [5, 5.41) is 0. The molecule has 5 nitrogen and oxygen atoms in total. The fraction of sp³-hybridized carbons (Fsp3) is 0.846. The number of carbonyl (C=O) groups excluding carboxylic acids is 2. The van der Waals surface area contributed by atoms with E-state index in [1.54, 1.807) is 0 Å². The van der Waals surface area contributed by atoms with E-state index in [2.05, 4.69) is 0 Å². The van der Waals surface area contributed by atoms with Gasteiger partial charge in [-0.15, -0.1) is 0 Å². The Hall–Kier alpha value is -1.10. The van der Waals surface area contributed by atoms with Crippen molar-refractivity contribution in [2.45, 2.75) is 20.3 Å². The summed E-state index contributed by atoms with van der Waals surface area (Å²) in [6.45, 7) is 7.29. The van der Waals surface area contributed by atoms with Gasteiger partial charge in [0.2, 0.25) is 11.8 Å². The maximum Gasteiger partial charge on any atom is 0.225 e. The zero-order chi connectivity index (χ0) is 13.7. The van der Waals surface area contributed by atoms with Crippen LogP contribution in [0.25, 0.3) is 0 Å². The molecule has 0 spiro atoms. The Kier molecular flexibility index (Phi) is 5.59. The van der Waals surface area contributed by atoms with E-state index in [-0.39, 0.29) is 17.7 Å². The molecule has 1 rings (SSSR count). The predicted molar refractivity (Wildman–Crippen MR) is 71.2 cm³/mol. The summed E-state index contributed by atoms with van der Waals surface area (Å²) in [4.78, 5) is 29.5. The zero-order valence-corrected chi connectivity index (χ0v) is 12.0. The minimum Gasteiger partial charge on any atom is -0.339 e. The van der Waals surface area contributed by atoms with Gasteiger partial charge in [-0.25, -0.2) is 0 Å². The third kappa shape index (κ3) is 4.29. The van der Waals surface area contributed by atoms with Crippen molar-refractivity contribution in [3.8, 4) is 0 Å². The van der Waals surface area contributed by atoms with Crippen LogP contribution in [0.2, 0.25) is 0 Å². The summed E-state index contributed by atoms with van der Waals surface area (Å²) < 4.78 is 0. The molecule has 0 aliphatic carbocycles. The first kappa shape index (κ1) is 15.0. The standard InChI is InChI=1S/C13H25N3O2/c1-11(2)13(18)16-9-7-15(8-10-16)12(17)5-6-14(3)4/h11H,5-10H2,1-4H3. The highest BCUT2D eigenvalue weighted by atomic mass is 16.2. The average Bonchev–Trinajstić information content (AvgIpc) is 2.35. The van der Waals surface area contributed by atoms with E-state index in [4.69, 9.17) is 0 Å². The highest BCUT2D eigenvalue weighted by Crippen LogP contribution is 2.08. The van der Waals surface area contributed by atoms with Crippen LogP contribution in [-0.4, -0.2) is 73.3 Å². The molecule has 0 aromatic carbocycles. The summed E-state index contributed by atoms with van der Waals surface area (Å²) in [6.07, 6.45) is 0.561. The lowest BCUT2D eigenvalue weighted by Crippen LogP contribution is -2.51. The number of carbonyl (C=O) groups is 2. The van der Waals surface area contributed by atoms with Crippen LogP contribution in [0.5, 0.6) is 0 Å². The molecule has 5 heteroatoms. The summed E-state index contributed by atoms with van der Waals surface area (Å²) in [5.41, 5.74) is 0. The molecule has 1 saturated heterocycles. The van der Waals surface area contributed by atoms with E-state index in [1.165, 1.54) is 0 Å². The van der Waals surface area contributed by atoms with Crippen molar-refractivity contribution in [1.82, 2.24) is 14.7 Å². The van der Waals surface area contributed by atoms with Gasteiger partial charge in [0.1, 0.15) is 0 Å². The second-order valence-corrected chi connectivity index (χ2v) is 5.41. The van der Waals surface area contributed by atoms with Gasteiger partial charge in [0.05, 0.1) is 0 Å². The van der Waals surface area contributed by atoms with Crippen molar-refractivity contribution in [3.05, 3.63) is 0 Å². The van der Waals surface area contributed by atoms with Gasteiger partial charge in [-0.2, -0.15) is 0 Å². The number of nitrogens with zero attached hydrogens (tertiary/aromatic N) is 3. The van der Waals surface area contributed by atoms with Gasteiger partial charge in [0, 0.05) is 45.1 Å². The molecule has 18 heavy (non-hydrogen) atoms. The molecule has 0 aromatic rings. The van der Waals surface area contributed by atoms with Crippen LogP contribution in [0.15, 0.2) is 0 Å². The van der Waals surface area contributed by atoms with Crippen molar-refractivity contribution >= 4 is 11.8 Å². The average molecular weight is 255 g/mol. The van der Waals surface area contributed by atoms with E-state index in [1.807, 2.05) is 42.6 Å². The largest absolute Gasteiger partial charge is 0.339 e. The third-order valence-corrected chi connectivity index (χ3v) is 3.21. The summed E-state index contributed by atoms with van der Waals surface area (Å²) >= 11 is 0. The van der Waals surface area contributed by atoms with Crippen LogP contribution in [0.3, 0.4) is 0 Å². The number of hydrogen-bond acceptors (Lipinski definition) is 3. The predicted octanol–water partition coefficient (Wildman–Crippen LogP) is 0.265. The lowest BCUT2D eigenvalue weighted by Gasteiger charge is -2.35. The van der Waals surface area contributed by atoms with Gasteiger partial charge in [-0.1, -0.05) is 13.8 Å². The van der Waals surface area contributed by atoms with Gasteiger partial charge in [0.25, 0.3) is 0 Å². The number of rotatable bonds is 4. The second kappa shape index (κ2) is 6.73. The maximum atomic E-state index is 11.9. The molecule has 0 saturated carbocycles. The molecule has 2 amide bonds. The Morgan fingerprint density at radius 3 is 2.00 bits per heavy atom. The molecular formula is C13H25N3O2. The van der Waals surface area contributed by atoms with Crippen LogP contribution in [-0.2, 0) is 9.59 Å². The van der Waals surface area contributed by atoms with Gasteiger partial charge in [-0.3, -0.25) is 9.59 Å². The summed E-state index contributed by atoms with van der Waals surface area (Å²) in [6, 6.07) is 0. The Morgan fingerprint density at radius 1 is 1.06 bits per heavy atom. The van der Waals surface area contributed by atoms with Crippen molar-refractivity contribution in [2.75, 3.05) is 46.8 Å². The molecule has 1 fully saturated rings. The highest BCUT2D eigenvalue weighted by Gasteiger charge is 2.24. The van der Waals surface area contributed by atoms with E-state index in [9.17, 15) is 9.59 Å². The van der Waals surface area contributed by atoms with Crippen LogP contribution in [0.4, 0.5) is 0 Å². The molecule has 0 aromatic heterocycles. The fourth-order valence-electron chi connectivity index (χ4n) is 2.02. The number of piperazine rings is 1. The Morgan fingerprint density at radius 2 is 1.56 bits per heavy atom. The van der Waals surface area contributed by atoms with E-state index < -0.39 is 0 Å². The molecule has 1 heterocycles. The van der Waals surface area contributed by atoms with Crippen molar-refractivity contribution < 1.29 is 9.59 Å². The molecule has 104 valence electrons. The van der Waals surface area contributed by atoms with E-state index in [0.29, 0.717) is 32.6 Å². The highest BCUT2D eigenvalue weighted by molar-refractivity contribution is 5.79. The van der Waals surface area contributed by atoms with Gasteiger partial charge in [0.15, 0.2) is 0 Å². The second-order valence-electron chi connectivity index (χ2n) is 5.41. The first-order valence-electron chi connectivity index (χ1n) is 6.63. The minimum absolute atomic E-state index is 0.0426.